The highest BCUT2D eigenvalue weighted by molar-refractivity contribution is 5.31. The first-order valence-corrected chi connectivity index (χ1v) is 5.26. The summed E-state index contributed by atoms with van der Waals surface area (Å²) in [6, 6.07) is 0. The number of fused-ring (bicyclic) bond motifs is 1. The van der Waals surface area contributed by atoms with E-state index >= 15 is 0 Å². The van der Waals surface area contributed by atoms with Crippen LogP contribution in [0, 0.1) is 5.41 Å². The first-order chi connectivity index (χ1) is 6.27. The van der Waals surface area contributed by atoms with Crippen LogP contribution >= 0.6 is 0 Å². The molecule has 0 aromatic heterocycles. The number of allylic oxidation sites excluding steroid dienone is 2. The minimum Gasteiger partial charge on any atom is -0.395 e. The molecular formula is C12H18O. The zero-order valence-electron chi connectivity index (χ0n) is 8.18. The third kappa shape index (κ3) is 1.46. The van der Waals surface area contributed by atoms with Gasteiger partial charge in [-0.1, -0.05) is 30.2 Å². The Balaban J connectivity index is 2.30. The average Bonchev–Trinajstić information content (AvgIpc) is 2.18. The Morgan fingerprint density at radius 2 is 2.15 bits per heavy atom. The highest BCUT2D eigenvalue weighted by Crippen LogP contribution is 2.47. The van der Waals surface area contributed by atoms with Crippen molar-refractivity contribution in [3.8, 4) is 0 Å². The third-order valence-corrected chi connectivity index (χ3v) is 3.64. The van der Waals surface area contributed by atoms with Gasteiger partial charge in [0.1, 0.15) is 0 Å². The quantitative estimate of drug-likeness (QED) is 0.654. The molecule has 0 heterocycles. The second-order valence-corrected chi connectivity index (χ2v) is 4.47. The fourth-order valence-electron chi connectivity index (χ4n) is 2.69. The molecule has 0 spiro atoms. The van der Waals surface area contributed by atoms with Gasteiger partial charge >= 0.3 is 0 Å². The third-order valence-electron chi connectivity index (χ3n) is 3.64. The van der Waals surface area contributed by atoms with Crippen molar-refractivity contribution in [3.05, 3.63) is 23.8 Å². The summed E-state index contributed by atoms with van der Waals surface area (Å²) in [6.07, 6.45) is 9.37. The topological polar surface area (TPSA) is 20.2 Å². The Hall–Kier alpha value is -0.560. The number of aliphatic hydroxyl groups is 1. The van der Waals surface area contributed by atoms with E-state index < -0.39 is 0 Å². The lowest BCUT2D eigenvalue weighted by Gasteiger charge is -2.41. The van der Waals surface area contributed by atoms with E-state index in [4.69, 9.17) is 0 Å². The van der Waals surface area contributed by atoms with E-state index in [1.54, 1.807) is 0 Å². The lowest BCUT2D eigenvalue weighted by molar-refractivity contribution is 0.117. The molecule has 0 aliphatic heterocycles. The van der Waals surface area contributed by atoms with E-state index in [-0.39, 0.29) is 5.41 Å². The van der Waals surface area contributed by atoms with Crippen LogP contribution in [0.3, 0.4) is 0 Å². The summed E-state index contributed by atoms with van der Waals surface area (Å²) in [4.78, 5) is 0. The van der Waals surface area contributed by atoms with Gasteiger partial charge in [-0.25, -0.2) is 0 Å². The van der Waals surface area contributed by atoms with Crippen LogP contribution in [-0.4, -0.2) is 11.7 Å². The smallest absolute Gasteiger partial charge is 0.0524 e. The maximum Gasteiger partial charge on any atom is 0.0524 e. The monoisotopic (exact) mass is 178 g/mol. The van der Waals surface area contributed by atoms with E-state index in [1.165, 1.54) is 36.8 Å². The number of aliphatic hydroxyl groups excluding tert-OH is 1. The summed E-state index contributed by atoms with van der Waals surface area (Å²) in [5.41, 5.74) is 2.87. The Morgan fingerprint density at radius 3 is 2.92 bits per heavy atom. The molecule has 2 aliphatic carbocycles. The molecule has 1 N–H and O–H groups in total. The van der Waals surface area contributed by atoms with Crippen molar-refractivity contribution in [3.63, 3.8) is 0 Å². The van der Waals surface area contributed by atoms with Crippen molar-refractivity contribution in [1.29, 1.82) is 0 Å². The van der Waals surface area contributed by atoms with Crippen LogP contribution in [0.5, 0.6) is 0 Å². The molecule has 1 nitrogen and oxygen atoms in total. The predicted octanol–water partition coefficient (Wildman–Crippen LogP) is 2.82. The fourth-order valence-corrected chi connectivity index (χ4v) is 2.69. The molecule has 1 atom stereocenters. The average molecular weight is 178 g/mol. The molecular weight excluding hydrogens is 160 g/mol. The molecule has 1 saturated carbocycles. The zero-order valence-corrected chi connectivity index (χ0v) is 8.18. The summed E-state index contributed by atoms with van der Waals surface area (Å²) in [6.45, 7) is 4.35. The molecule has 2 rings (SSSR count). The van der Waals surface area contributed by atoms with Gasteiger partial charge in [-0.3, -0.25) is 0 Å². The SMILES string of the molecule is C=C1C=C2CCCCC2(CO)CC1. The van der Waals surface area contributed by atoms with Crippen LogP contribution < -0.4 is 0 Å². The maximum atomic E-state index is 9.49. The molecule has 0 aromatic rings. The van der Waals surface area contributed by atoms with Gasteiger partial charge in [0, 0.05) is 5.41 Å². The lowest BCUT2D eigenvalue weighted by atomic mass is 9.65. The maximum absolute atomic E-state index is 9.49. The Labute approximate surface area is 80.2 Å². The van der Waals surface area contributed by atoms with E-state index in [9.17, 15) is 5.11 Å². The van der Waals surface area contributed by atoms with E-state index in [0.29, 0.717) is 6.61 Å². The molecule has 0 aromatic carbocycles. The van der Waals surface area contributed by atoms with Gasteiger partial charge in [-0.15, -0.1) is 0 Å². The van der Waals surface area contributed by atoms with Crippen LogP contribution in [0.4, 0.5) is 0 Å². The Kier molecular flexibility index (Phi) is 2.29. The fraction of sp³-hybridized carbons (Fsp3) is 0.667. The molecule has 0 amide bonds. The molecule has 13 heavy (non-hydrogen) atoms. The van der Waals surface area contributed by atoms with Crippen LogP contribution in [0.25, 0.3) is 0 Å². The lowest BCUT2D eigenvalue weighted by Crippen LogP contribution is -2.33. The summed E-state index contributed by atoms with van der Waals surface area (Å²) < 4.78 is 0. The van der Waals surface area contributed by atoms with Crippen LogP contribution in [0.15, 0.2) is 23.8 Å². The van der Waals surface area contributed by atoms with Crippen molar-refractivity contribution in [2.24, 2.45) is 5.41 Å². The second-order valence-electron chi connectivity index (χ2n) is 4.47. The van der Waals surface area contributed by atoms with Gasteiger partial charge in [-0.05, 0) is 32.1 Å². The minimum atomic E-state index is 0.152. The molecule has 2 aliphatic rings. The standard InChI is InChI=1S/C12H18O/c1-10-5-7-12(9-13)6-3-2-4-11(12)8-10/h8,13H,1-7,9H2. The van der Waals surface area contributed by atoms with Gasteiger partial charge in [0.15, 0.2) is 0 Å². The first kappa shape index (κ1) is 9.01. The summed E-state index contributed by atoms with van der Waals surface area (Å²) in [5.74, 6) is 0. The summed E-state index contributed by atoms with van der Waals surface area (Å²) in [5, 5.41) is 9.49. The van der Waals surface area contributed by atoms with E-state index in [2.05, 4.69) is 12.7 Å². The second kappa shape index (κ2) is 3.30. The molecule has 0 bridgehead atoms. The molecule has 0 saturated heterocycles. The van der Waals surface area contributed by atoms with Crippen LogP contribution in [0.2, 0.25) is 0 Å². The van der Waals surface area contributed by atoms with Gasteiger partial charge in [0.25, 0.3) is 0 Å². The molecule has 1 unspecified atom stereocenters. The largest absolute Gasteiger partial charge is 0.395 e. The van der Waals surface area contributed by atoms with Crippen molar-refractivity contribution < 1.29 is 5.11 Å². The molecule has 0 radical (unpaired) electrons. The predicted molar refractivity (Wildman–Crippen MR) is 54.4 cm³/mol. The zero-order chi connectivity index (χ0) is 9.31. The van der Waals surface area contributed by atoms with Crippen molar-refractivity contribution in [2.45, 2.75) is 38.5 Å². The van der Waals surface area contributed by atoms with Gasteiger partial charge < -0.3 is 5.11 Å². The summed E-state index contributed by atoms with van der Waals surface area (Å²) in [7, 11) is 0. The summed E-state index contributed by atoms with van der Waals surface area (Å²) >= 11 is 0. The van der Waals surface area contributed by atoms with Crippen LogP contribution in [0.1, 0.15) is 38.5 Å². The van der Waals surface area contributed by atoms with Gasteiger partial charge in [0.2, 0.25) is 0 Å². The molecule has 1 fully saturated rings. The van der Waals surface area contributed by atoms with E-state index in [0.717, 1.165) is 12.8 Å². The minimum absolute atomic E-state index is 0.152. The normalized spacial score (nSPS) is 33.9. The van der Waals surface area contributed by atoms with Crippen LogP contribution in [-0.2, 0) is 0 Å². The first-order valence-electron chi connectivity index (χ1n) is 5.26. The highest BCUT2D eigenvalue weighted by Gasteiger charge is 2.37. The van der Waals surface area contributed by atoms with Crippen molar-refractivity contribution in [1.82, 2.24) is 0 Å². The van der Waals surface area contributed by atoms with Crippen molar-refractivity contribution >= 4 is 0 Å². The Bertz CT molecular complexity index is 252. The van der Waals surface area contributed by atoms with Gasteiger partial charge in [0.05, 0.1) is 6.61 Å². The van der Waals surface area contributed by atoms with Gasteiger partial charge in [-0.2, -0.15) is 0 Å². The molecule has 72 valence electrons. The highest BCUT2D eigenvalue weighted by atomic mass is 16.3. The molecule has 1 heteroatoms. The Morgan fingerprint density at radius 1 is 1.31 bits per heavy atom. The number of hydrogen-bond donors (Lipinski definition) is 1. The number of rotatable bonds is 1. The van der Waals surface area contributed by atoms with Crippen molar-refractivity contribution in [2.75, 3.05) is 6.61 Å². The number of hydrogen-bond acceptors (Lipinski definition) is 1. The van der Waals surface area contributed by atoms with E-state index in [1.807, 2.05) is 0 Å².